The summed E-state index contributed by atoms with van der Waals surface area (Å²) < 4.78 is 0. The molecule has 1 heterocycles. The van der Waals surface area contributed by atoms with Gasteiger partial charge in [0.25, 0.3) is 0 Å². The second-order valence-electron chi connectivity index (χ2n) is 5.93. The molecule has 0 spiro atoms. The lowest BCUT2D eigenvalue weighted by Crippen LogP contribution is -2.56. The van der Waals surface area contributed by atoms with Crippen molar-refractivity contribution >= 4 is 17.3 Å². The Balaban J connectivity index is 2.11. The Hall–Kier alpha value is -0.730. The fraction of sp³-hybridized carbons (Fsp3) is 0.625. The summed E-state index contributed by atoms with van der Waals surface area (Å²) in [4.78, 5) is 2.54. The largest absolute Gasteiger partial charge is 0.366 e. The zero-order valence-corrected chi connectivity index (χ0v) is 13.0. The molecule has 2 atom stereocenters. The molecule has 3 heteroatoms. The molecule has 0 aromatic heterocycles. The summed E-state index contributed by atoms with van der Waals surface area (Å²) in [5.74, 6) is 0.739. The molecule has 1 aromatic carbocycles. The average Bonchev–Trinajstić information content (AvgIpc) is 2.39. The summed E-state index contributed by atoms with van der Waals surface area (Å²) in [5.41, 5.74) is 1.30. The lowest BCUT2D eigenvalue weighted by atomic mass is 9.98. The Labute approximate surface area is 122 Å². The molecular weight excluding hydrogens is 256 g/mol. The first-order valence-corrected chi connectivity index (χ1v) is 7.73. The molecule has 0 aliphatic carbocycles. The Morgan fingerprint density at radius 1 is 1.32 bits per heavy atom. The van der Waals surface area contributed by atoms with E-state index in [-0.39, 0.29) is 0 Å². The molecular formula is C16H25ClN2. The summed E-state index contributed by atoms with van der Waals surface area (Å²) in [7, 11) is 0. The second kappa shape index (κ2) is 6.62. The molecule has 0 radical (unpaired) electrons. The topological polar surface area (TPSA) is 15.3 Å². The van der Waals surface area contributed by atoms with Crippen LogP contribution in [0, 0.1) is 5.92 Å². The fourth-order valence-electron chi connectivity index (χ4n) is 2.90. The summed E-state index contributed by atoms with van der Waals surface area (Å²) in [6.07, 6.45) is 2.41. The maximum absolute atomic E-state index is 5.99. The van der Waals surface area contributed by atoms with Crippen molar-refractivity contribution in [2.45, 2.75) is 45.7 Å². The van der Waals surface area contributed by atoms with Crippen molar-refractivity contribution in [3.8, 4) is 0 Å². The third-order valence-electron chi connectivity index (χ3n) is 3.89. The van der Waals surface area contributed by atoms with Crippen LogP contribution in [-0.4, -0.2) is 25.2 Å². The first kappa shape index (κ1) is 14.7. The highest BCUT2D eigenvalue weighted by Crippen LogP contribution is 2.24. The zero-order chi connectivity index (χ0) is 13.8. The maximum atomic E-state index is 5.99. The highest BCUT2D eigenvalue weighted by atomic mass is 35.5. The van der Waals surface area contributed by atoms with Crippen LogP contribution in [-0.2, 0) is 0 Å². The van der Waals surface area contributed by atoms with Crippen LogP contribution in [0.3, 0.4) is 0 Å². The number of anilines is 1. The number of nitrogens with one attached hydrogen (secondary N) is 1. The van der Waals surface area contributed by atoms with E-state index < -0.39 is 0 Å². The van der Waals surface area contributed by atoms with Gasteiger partial charge in [0.1, 0.15) is 0 Å². The fourth-order valence-corrected chi connectivity index (χ4v) is 3.03. The van der Waals surface area contributed by atoms with E-state index in [4.69, 9.17) is 11.6 Å². The monoisotopic (exact) mass is 280 g/mol. The first-order chi connectivity index (χ1) is 9.10. The minimum atomic E-state index is 0.588. The van der Waals surface area contributed by atoms with Crippen molar-refractivity contribution in [2.24, 2.45) is 5.92 Å². The molecule has 1 saturated heterocycles. The van der Waals surface area contributed by atoms with Crippen LogP contribution in [0.4, 0.5) is 5.69 Å². The van der Waals surface area contributed by atoms with Crippen molar-refractivity contribution in [2.75, 3.05) is 18.0 Å². The van der Waals surface area contributed by atoms with E-state index in [0.29, 0.717) is 12.1 Å². The summed E-state index contributed by atoms with van der Waals surface area (Å²) in [5, 5.41) is 4.51. The highest BCUT2D eigenvalue weighted by Gasteiger charge is 2.27. The van der Waals surface area contributed by atoms with E-state index in [9.17, 15) is 0 Å². The maximum Gasteiger partial charge on any atom is 0.0412 e. The van der Waals surface area contributed by atoms with E-state index in [0.717, 1.165) is 24.0 Å². The van der Waals surface area contributed by atoms with Gasteiger partial charge in [-0.1, -0.05) is 32.4 Å². The molecule has 0 amide bonds. The molecule has 2 rings (SSSR count). The van der Waals surface area contributed by atoms with Crippen molar-refractivity contribution in [1.82, 2.24) is 5.32 Å². The van der Waals surface area contributed by atoms with Crippen molar-refractivity contribution < 1.29 is 0 Å². The van der Waals surface area contributed by atoms with Gasteiger partial charge in [-0.25, -0.2) is 0 Å². The van der Waals surface area contributed by atoms with E-state index in [1.54, 1.807) is 0 Å². The number of rotatable bonds is 4. The van der Waals surface area contributed by atoms with Gasteiger partial charge in [-0.05, 0) is 43.0 Å². The minimum Gasteiger partial charge on any atom is -0.366 e. The lowest BCUT2D eigenvalue weighted by molar-refractivity contribution is 0.343. The molecule has 0 bridgehead atoms. The molecule has 1 aliphatic rings. The van der Waals surface area contributed by atoms with Gasteiger partial charge in [0, 0.05) is 35.9 Å². The molecule has 2 unspecified atom stereocenters. The van der Waals surface area contributed by atoms with E-state index in [2.05, 4.69) is 43.1 Å². The quantitative estimate of drug-likeness (QED) is 0.899. The second-order valence-corrected chi connectivity index (χ2v) is 6.36. The van der Waals surface area contributed by atoms with E-state index >= 15 is 0 Å². The smallest absolute Gasteiger partial charge is 0.0412 e. The van der Waals surface area contributed by atoms with E-state index in [1.165, 1.54) is 18.5 Å². The Morgan fingerprint density at radius 3 is 2.58 bits per heavy atom. The normalized spacial score (nSPS) is 23.9. The van der Waals surface area contributed by atoms with Crippen molar-refractivity contribution in [3.05, 3.63) is 29.3 Å². The summed E-state index contributed by atoms with van der Waals surface area (Å²) in [6, 6.07) is 9.44. The summed E-state index contributed by atoms with van der Waals surface area (Å²) >= 11 is 5.99. The standard InChI is InChI=1S/C16H25ClN2/c1-4-15-10-18-14(9-12(2)3)11-19(15)16-7-5-13(17)6-8-16/h5-8,12,14-15,18H,4,9-11H2,1-3H3. The van der Waals surface area contributed by atoms with Crippen LogP contribution in [0.5, 0.6) is 0 Å². The van der Waals surface area contributed by atoms with Crippen LogP contribution in [0.25, 0.3) is 0 Å². The predicted molar refractivity (Wildman–Crippen MR) is 84.1 cm³/mol. The SMILES string of the molecule is CCC1CNC(CC(C)C)CN1c1ccc(Cl)cc1. The predicted octanol–water partition coefficient (Wildman–Crippen LogP) is 3.94. The number of benzene rings is 1. The van der Waals surface area contributed by atoms with Gasteiger partial charge in [0.2, 0.25) is 0 Å². The highest BCUT2D eigenvalue weighted by molar-refractivity contribution is 6.30. The molecule has 1 N–H and O–H groups in total. The van der Waals surface area contributed by atoms with Crippen LogP contribution < -0.4 is 10.2 Å². The minimum absolute atomic E-state index is 0.588. The van der Waals surface area contributed by atoms with Crippen LogP contribution in [0.15, 0.2) is 24.3 Å². The number of hydrogen-bond acceptors (Lipinski definition) is 2. The lowest BCUT2D eigenvalue weighted by Gasteiger charge is -2.42. The van der Waals surface area contributed by atoms with Gasteiger partial charge in [0.05, 0.1) is 0 Å². The van der Waals surface area contributed by atoms with Crippen LogP contribution in [0.2, 0.25) is 5.02 Å². The van der Waals surface area contributed by atoms with Crippen LogP contribution in [0.1, 0.15) is 33.6 Å². The Bertz CT molecular complexity index is 388. The first-order valence-electron chi connectivity index (χ1n) is 7.35. The Kier molecular flexibility index (Phi) is 5.12. The molecule has 2 nitrogen and oxygen atoms in total. The number of piperazine rings is 1. The number of nitrogens with zero attached hydrogens (tertiary/aromatic N) is 1. The molecule has 106 valence electrons. The number of hydrogen-bond donors (Lipinski definition) is 1. The van der Waals surface area contributed by atoms with Gasteiger partial charge in [0.15, 0.2) is 0 Å². The molecule has 1 aliphatic heterocycles. The summed E-state index contributed by atoms with van der Waals surface area (Å²) in [6.45, 7) is 9.02. The van der Waals surface area contributed by atoms with Crippen LogP contribution >= 0.6 is 11.6 Å². The van der Waals surface area contributed by atoms with Crippen molar-refractivity contribution in [1.29, 1.82) is 0 Å². The molecule has 1 fully saturated rings. The van der Waals surface area contributed by atoms with Gasteiger partial charge < -0.3 is 10.2 Å². The Morgan fingerprint density at radius 2 is 2.00 bits per heavy atom. The van der Waals surface area contributed by atoms with E-state index in [1.807, 2.05) is 12.1 Å². The average molecular weight is 281 g/mol. The third-order valence-corrected chi connectivity index (χ3v) is 4.14. The molecule has 19 heavy (non-hydrogen) atoms. The van der Waals surface area contributed by atoms with Gasteiger partial charge in [-0.3, -0.25) is 0 Å². The molecule has 1 aromatic rings. The van der Waals surface area contributed by atoms with Gasteiger partial charge >= 0.3 is 0 Å². The zero-order valence-electron chi connectivity index (χ0n) is 12.2. The molecule has 0 saturated carbocycles. The number of halogens is 1. The van der Waals surface area contributed by atoms with Gasteiger partial charge in [-0.15, -0.1) is 0 Å². The van der Waals surface area contributed by atoms with Crippen molar-refractivity contribution in [3.63, 3.8) is 0 Å². The van der Waals surface area contributed by atoms with Gasteiger partial charge in [-0.2, -0.15) is 0 Å². The third kappa shape index (κ3) is 3.87.